The predicted octanol–water partition coefficient (Wildman–Crippen LogP) is 6.20. The maximum absolute atomic E-state index is 12.8. The van der Waals surface area contributed by atoms with Crippen LogP contribution < -0.4 is 5.32 Å². The molecule has 1 aliphatic heterocycles. The zero-order chi connectivity index (χ0) is 22.0. The van der Waals surface area contributed by atoms with Crippen molar-refractivity contribution >= 4 is 58.0 Å². The second-order valence-electron chi connectivity index (χ2n) is 7.33. The van der Waals surface area contributed by atoms with Crippen molar-refractivity contribution in [1.29, 1.82) is 0 Å². The average Bonchev–Trinajstić information content (AvgIpc) is 3.21. The number of halogens is 4. The molecule has 31 heavy (non-hydrogen) atoms. The number of nitrogens with zero attached hydrogens (tertiary/aromatic N) is 3. The third kappa shape index (κ3) is 5.51. The molecule has 0 spiro atoms. The predicted molar refractivity (Wildman–Crippen MR) is 123 cm³/mol. The molecular weight excluding hydrogens is 482 g/mol. The van der Waals surface area contributed by atoms with E-state index in [2.05, 4.69) is 20.4 Å². The van der Waals surface area contributed by atoms with E-state index in [9.17, 15) is 4.79 Å². The average molecular weight is 500 g/mol. The molecule has 1 N–H and O–H groups in total. The Labute approximate surface area is 199 Å². The molecule has 162 valence electrons. The van der Waals surface area contributed by atoms with Gasteiger partial charge in [-0.15, -0.1) is 0 Å². The van der Waals surface area contributed by atoms with Crippen LogP contribution >= 0.6 is 46.4 Å². The van der Waals surface area contributed by atoms with Crippen LogP contribution in [0.1, 0.15) is 18.7 Å². The van der Waals surface area contributed by atoms with E-state index in [0.29, 0.717) is 50.6 Å². The van der Waals surface area contributed by atoms with Gasteiger partial charge in [0.25, 0.3) is 0 Å². The summed E-state index contributed by atoms with van der Waals surface area (Å²) in [6.45, 7) is 1.89. The van der Waals surface area contributed by atoms with Gasteiger partial charge in [0.2, 0.25) is 17.6 Å². The summed E-state index contributed by atoms with van der Waals surface area (Å²) in [5, 5.41) is 8.56. The first-order valence-electron chi connectivity index (χ1n) is 9.65. The zero-order valence-corrected chi connectivity index (χ0v) is 19.3. The maximum atomic E-state index is 12.8. The van der Waals surface area contributed by atoms with E-state index in [4.69, 9.17) is 50.9 Å². The van der Waals surface area contributed by atoms with Gasteiger partial charge < -0.3 is 9.84 Å². The van der Waals surface area contributed by atoms with Gasteiger partial charge in [-0.25, -0.2) is 0 Å². The number of likely N-dealkylation sites (tertiary alicyclic amines) is 1. The third-order valence-corrected chi connectivity index (χ3v) is 6.36. The molecule has 1 aromatic heterocycles. The highest BCUT2D eigenvalue weighted by atomic mass is 35.5. The molecule has 1 aliphatic rings. The van der Waals surface area contributed by atoms with Crippen molar-refractivity contribution in [3.63, 3.8) is 0 Å². The number of nitrogens with one attached hydrogen (secondary N) is 1. The molecular formula is C21H18Cl4N4O2. The maximum Gasteiger partial charge on any atom is 0.241 e. The molecule has 0 bridgehead atoms. The van der Waals surface area contributed by atoms with E-state index in [1.54, 1.807) is 18.2 Å². The summed E-state index contributed by atoms with van der Waals surface area (Å²) < 4.78 is 5.40. The standard InChI is InChI=1S/C21H18Cl4N4O2/c22-14-5-3-12(4-6-14)20-27-19(31-28-20)11-29-7-1-2-13(10-29)21(30)26-18-9-16(24)15(23)8-17(18)25/h3-6,8-9,13H,1-2,7,10-11H2,(H,26,30). The smallest absolute Gasteiger partial charge is 0.241 e. The van der Waals surface area contributed by atoms with Crippen molar-refractivity contribution in [2.75, 3.05) is 18.4 Å². The minimum Gasteiger partial charge on any atom is -0.338 e. The van der Waals surface area contributed by atoms with E-state index in [0.717, 1.165) is 24.9 Å². The highest BCUT2D eigenvalue weighted by Gasteiger charge is 2.27. The van der Waals surface area contributed by atoms with Crippen LogP contribution in [0.15, 0.2) is 40.9 Å². The number of hydrogen-bond acceptors (Lipinski definition) is 5. The van der Waals surface area contributed by atoms with Crippen molar-refractivity contribution in [3.05, 3.63) is 62.4 Å². The molecule has 1 unspecified atom stereocenters. The Morgan fingerprint density at radius 1 is 1.10 bits per heavy atom. The Kier molecular flexibility index (Phi) is 7.04. The summed E-state index contributed by atoms with van der Waals surface area (Å²) in [6.07, 6.45) is 1.66. The summed E-state index contributed by atoms with van der Waals surface area (Å²) >= 11 is 24.1. The van der Waals surface area contributed by atoms with E-state index in [1.807, 2.05) is 12.1 Å². The molecule has 1 saturated heterocycles. The van der Waals surface area contributed by atoms with Crippen LogP contribution in [0.2, 0.25) is 20.1 Å². The molecule has 1 fully saturated rings. The van der Waals surface area contributed by atoms with Crippen LogP contribution in [0.5, 0.6) is 0 Å². The quantitative estimate of drug-likeness (QED) is 0.423. The van der Waals surface area contributed by atoms with Gasteiger partial charge >= 0.3 is 0 Å². The van der Waals surface area contributed by atoms with Gasteiger partial charge in [-0.05, 0) is 55.8 Å². The van der Waals surface area contributed by atoms with E-state index in [1.165, 1.54) is 6.07 Å². The van der Waals surface area contributed by atoms with Gasteiger partial charge in [0.05, 0.1) is 33.2 Å². The summed E-state index contributed by atoms with van der Waals surface area (Å²) in [6, 6.07) is 10.3. The third-order valence-electron chi connectivity index (χ3n) is 5.07. The molecule has 10 heteroatoms. The minimum atomic E-state index is -0.196. The Balaban J connectivity index is 1.38. The fourth-order valence-electron chi connectivity index (χ4n) is 3.49. The second kappa shape index (κ2) is 9.76. The van der Waals surface area contributed by atoms with Gasteiger partial charge in [0.15, 0.2) is 0 Å². The van der Waals surface area contributed by atoms with Crippen molar-refractivity contribution < 1.29 is 9.32 Å². The number of piperidine rings is 1. The van der Waals surface area contributed by atoms with Gasteiger partial charge in [-0.1, -0.05) is 51.6 Å². The Morgan fingerprint density at radius 3 is 2.61 bits per heavy atom. The molecule has 0 radical (unpaired) electrons. The normalized spacial score (nSPS) is 17.0. The number of rotatable bonds is 5. The van der Waals surface area contributed by atoms with Crippen LogP contribution in [-0.2, 0) is 11.3 Å². The summed E-state index contributed by atoms with van der Waals surface area (Å²) in [5.74, 6) is 0.695. The first kappa shape index (κ1) is 22.4. The number of benzene rings is 2. The fourth-order valence-corrected chi connectivity index (χ4v) is 4.21. The number of anilines is 1. The van der Waals surface area contributed by atoms with Gasteiger partial charge in [0, 0.05) is 17.1 Å². The molecule has 0 saturated carbocycles. The largest absolute Gasteiger partial charge is 0.338 e. The van der Waals surface area contributed by atoms with Crippen molar-refractivity contribution in [1.82, 2.24) is 15.0 Å². The summed E-state index contributed by atoms with van der Waals surface area (Å²) in [7, 11) is 0. The van der Waals surface area contributed by atoms with Crippen molar-refractivity contribution in [2.45, 2.75) is 19.4 Å². The van der Waals surface area contributed by atoms with Crippen LogP contribution in [-0.4, -0.2) is 34.0 Å². The molecule has 3 aromatic rings. The second-order valence-corrected chi connectivity index (χ2v) is 8.99. The topological polar surface area (TPSA) is 71.3 Å². The van der Waals surface area contributed by atoms with Crippen molar-refractivity contribution in [3.8, 4) is 11.4 Å². The number of amides is 1. The molecule has 6 nitrogen and oxygen atoms in total. The molecule has 1 atom stereocenters. The Hall–Kier alpha value is -1.83. The van der Waals surface area contributed by atoms with Crippen LogP contribution in [0, 0.1) is 5.92 Å². The molecule has 2 heterocycles. The van der Waals surface area contributed by atoms with Crippen LogP contribution in [0.4, 0.5) is 5.69 Å². The highest BCUT2D eigenvalue weighted by molar-refractivity contribution is 6.44. The van der Waals surface area contributed by atoms with E-state index < -0.39 is 0 Å². The summed E-state index contributed by atoms with van der Waals surface area (Å²) in [4.78, 5) is 19.4. The lowest BCUT2D eigenvalue weighted by atomic mass is 9.97. The molecule has 2 aromatic carbocycles. The molecule has 0 aliphatic carbocycles. The highest BCUT2D eigenvalue weighted by Crippen LogP contribution is 2.33. The number of carbonyl (C=O) groups excluding carboxylic acids is 1. The number of carbonyl (C=O) groups is 1. The number of hydrogen-bond donors (Lipinski definition) is 1. The monoisotopic (exact) mass is 498 g/mol. The molecule has 1 amide bonds. The summed E-state index contributed by atoms with van der Waals surface area (Å²) in [5.41, 5.74) is 1.27. The minimum absolute atomic E-state index is 0.114. The van der Waals surface area contributed by atoms with E-state index in [-0.39, 0.29) is 11.8 Å². The fraction of sp³-hybridized carbons (Fsp3) is 0.286. The van der Waals surface area contributed by atoms with Crippen LogP contribution in [0.25, 0.3) is 11.4 Å². The lowest BCUT2D eigenvalue weighted by molar-refractivity contribution is -0.121. The van der Waals surface area contributed by atoms with Crippen molar-refractivity contribution in [2.24, 2.45) is 5.92 Å². The zero-order valence-electron chi connectivity index (χ0n) is 16.2. The number of aromatic nitrogens is 2. The lowest BCUT2D eigenvalue weighted by Gasteiger charge is -2.31. The van der Waals surface area contributed by atoms with Crippen LogP contribution in [0.3, 0.4) is 0 Å². The lowest BCUT2D eigenvalue weighted by Crippen LogP contribution is -2.40. The van der Waals surface area contributed by atoms with Gasteiger partial charge in [-0.3, -0.25) is 9.69 Å². The Bertz CT molecular complexity index is 1090. The van der Waals surface area contributed by atoms with E-state index >= 15 is 0 Å². The Morgan fingerprint density at radius 2 is 1.84 bits per heavy atom. The first-order chi connectivity index (χ1) is 14.9. The molecule has 4 rings (SSSR count). The first-order valence-corrected chi connectivity index (χ1v) is 11.2. The van der Waals surface area contributed by atoms with Gasteiger partial charge in [-0.2, -0.15) is 4.98 Å². The SMILES string of the molecule is O=C(Nc1cc(Cl)c(Cl)cc1Cl)C1CCCN(Cc2nc(-c3ccc(Cl)cc3)no2)C1. The van der Waals surface area contributed by atoms with Gasteiger partial charge in [0.1, 0.15) is 0 Å².